The van der Waals surface area contributed by atoms with E-state index in [1.165, 1.54) is 6.20 Å². The molecule has 1 heterocycles. The van der Waals surface area contributed by atoms with Gasteiger partial charge in [-0.05, 0) is 24.1 Å². The predicted molar refractivity (Wildman–Crippen MR) is 88.5 cm³/mol. The largest absolute Gasteiger partial charge is 0.475 e. The molecular formula is C16H18Cl2N2O2. The normalized spacial score (nSPS) is 12.2. The van der Waals surface area contributed by atoms with Crippen molar-refractivity contribution in [2.24, 2.45) is 0 Å². The van der Waals surface area contributed by atoms with Crippen molar-refractivity contribution in [2.45, 2.75) is 19.6 Å². The first kappa shape index (κ1) is 17.0. The van der Waals surface area contributed by atoms with Crippen molar-refractivity contribution in [3.05, 3.63) is 57.7 Å². The maximum atomic E-state index is 9.16. The molecule has 1 unspecified atom stereocenters. The van der Waals surface area contributed by atoms with E-state index in [9.17, 15) is 0 Å². The quantitative estimate of drug-likeness (QED) is 0.756. The summed E-state index contributed by atoms with van der Waals surface area (Å²) in [6.07, 6.45) is 1.50. The molecule has 4 nitrogen and oxygen atoms in total. The molecule has 1 atom stereocenters. The van der Waals surface area contributed by atoms with Crippen LogP contribution < -0.4 is 10.1 Å². The molecule has 0 radical (unpaired) electrons. The molecule has 0 saturated carbocycles. The van der Waals surface area contributed by atoms with Crippen molar-refractivity contribution >= 4 is 23.2 Å². The van der Waals surface area contributed by atoms with Crippen molar-refractivity contribution < 1.29 is 9.84 Å². The molecule has 0 bridgehead atoms. The van der Waals surface area contributed by atoms with Gasteiger partial charge in [-0.25, -0.2) is 4.98 Å². The van der Waals surface area contributed by atoms with Crippen molar-refractivity contribution in [1.82, 2.24) is 10.3 Å². The Balaban J connectivity index is 1.80. The van der Waals surface area contributed by atoms with E-state index in [0.29, 0.717) is 29.1 Å². The molecule has 0 aliphatic carbocycles. The van der Waals surface area contributed by atoms with Crippen LogP contribution in [0.2, 0.25) is 10.0 Å². The smallest absolute Gasteiger partial charge is 0.232 e. The minimum Gasteiger partial charge on any atom is -0.475 e. The second-order valence-corrected chi connectivity index (χ2v) is 5.71. The van der Waals surface area contributed by atoms with E-state index in [1.807, 2.05) is 24.3 Å². The van der Waals surface area contributed by atoms with Crippen LogP contribution in [0.25, 0.3) is 0 Å². The molecule has 0 spiro atoms. The molecule has 22 heavy (non-hydrogen) atoms. The van der Waals surface area contributed by atoms with Crippen LogP contribution in [0.1, 0.15) is 24.1 Å². The number of benzene rings is 1. The van der Waals surface area contributed by atoms with E-state index >= 15 is 0 Å². The van der Waals surface area contributed by atoms with Gasteiger partial charge in [0, 0.05) is 18.8 Å². The van der Waals surface area contributed by atoms with Crippen molar-refractivity contribution in [2.75, 3.05) is 13.2 Å². The summed E-state index contributed by atoms with van der Waals surface area (Å²) in [7, 11) is 0. The van der Waals surface area contributed by atoms with Gasteiger partial charge in [0.25, 0.3) is 0 Å². The number of pyridine rings is 1. The molecule has 2 rings (SSSR count). The minimum absolute atomic E-state index is 0.0460. The summed E-state index contributed by atoms with van der Waals surface area (Å²) in [4.78, 5) is 4.03. The van der Waals surface area contributed by atoms with E-state index in [2.05, 4.69) is 17.2 Å². The molecule has 1 aromatic carbocycles. The Morgan fingerprint density at radius 2 is 2.14 bits per heavy atom. The highest BCUT2D eigenvalue weighted by atomic mass is 35.5. The molecule has 2 N–H and O–H groups in total. The van der Waals surface area contributed by atoms with Gasteiger partial charge >= 0.3 is 0 Å². The number of aromatic nitrogens is 1. The average molecular weight is 341 g/mol. The van der Waals surface area contributed by atoms with Crippen molar-refractivity contribution in [3.63, 3.8) is 0 Å². The van der Waals surface area contributed by atoms with E-state index in [1.54, 1.807) is 6.07 Å². The van der Waals surface area contributed by atoms with Gasteiger partial charge in [-0.1, -0.05) is 47.5 Å². The van der Waals surface area contributed by atoms with Gasteiger partial charge in [0.05, 0.1) is 11.6 Å². The van der Waals surface area contributed by atoms with Crippen LogP contribution in [0.15, 0.2) is 36.5 Å². The molecule has 118 valence electrons. The molecule has 0 saturated heterocycles. The van der Waals surface area contributed by atoms with E-state index in [0.717, 1.165) is 11.1 Å². The lowest BCUT2D eigenvalue weighted by Gasteiger charge is -2.15. The van der Waals surface area contributed by atoms with Crippen LogP contribution >= 0.6 is 23.2 Å². The van der Waals surface area contributed by atoms with Gasteiger partial charge in [0.15, 0.2) is 0 Å². The zero-order valence-corrected chi connectivity index (χ0v) is 13.7. The van der Waals surface area contributed by atoms with Gasteiger partial charge in [0.2, 0.25) is 5.88 Å². The monoisotopic (exact) mass is 340 g/mol. The van der Waals surface area contributed by atoms with E-state index in [4.69, 9.17) is 33.0 Å². The first-order valence-corrected chi connectivity index (χ1v) is 7.72. The number of aliphatic hydroxyl groups excluding tert-OH is 1. The number of halogens is 2. The van der Waals surface area contributed by atoms with Crippen LogP contribution in [-0.4, -0.2) is 23.2 Å². The summed E-state index contributed by atoms with van der Waals surface area (Å²) in [5.74, 6) is 0.378. The third-order valence-corrected chi connectivity index (χ3v) is 3.68. The topological polar surface area (TPSA) is 54.4 Å². The molecule has 2 aromatic rings. The summed E-state index contributed by atoms with van der Waals surface area (Å²) >= 11 is 11.8. The zero-order valence-electron chi connectivity index (χ0n) is 12.2. The third kappa shape index (κ3) is 4.85. The van der Waals surface area contributed by atoms with Gasteiger partial charge in [-0.15, -0.1) is 0 Å². The van der Waals surface area contributed by atoms with E-state index < -0.39 is 0 Å². The zero-order chi connectivity index (χ0) is 15.9. The Kier molecular flexibility index (Phi) is 6.46. The standard InChI is InChI=1S/C16H18Cl2N2O2/c1-11(13-4-2-3-12(7-13)10-21)19-5-6-22-16-15(18)8-14(17)9-20-16/h2-4,7-9,11,19,21H,5-6,10H2,1H3. The maximum Gasteiger partial charge on any atom is 0.232 e. The Morgan fingerprint density at radius 3 is 2.86 bits per heavy atom. The summed E-state index contributed by atoms with van der Waals surface area (Å²) in [5, 5.41) is 13.4. The first-order chi connectivity index (χ1) is 10.6. The van der Waals surface area contributed by atoms with Crippen LogP contribution in [0.4, 0.5) is 0 Å². The lowest BCUT2D eigenvalue weighted by Crippen LogP contribution is -2.24. The lowest BCUT2D eigenvalue weighted by atomic mass is 10.1. The summed E-state index contributed by atoms with van der Waals surface area (Å²) in [6, 6.07) is 9.59. The fourth-order valence-electron chi connectivity index (χ4n) is 2.01. The lowest BCUT2D eigenvalue weighted by molar-refractivity contribution is 0.281. The van der Waals surface area contributed by atoms with Crippen molar-refractivity contribution in [3.8, 4) is 5.88 Å². The Hall–Kier alpha value is -1.33. The average Bonchev–Trinajstić information content (AvgIpc) is 2.53. The molecule has 0 aliphatic heterocycles. The van der Waals surface area contributed by atoms with Crippen LogP contribution in [0.5, 0.6) is 5.88 Å². The van der Waals surface area contributed by atoms with Gasteiger partial charge in [-0.3, -0.25) is 0 Å². The summed E-state index contributed by atoms with van der Waals surface area (Å²) in [5.41, 5.74) is 2.02. The Labute approximate surface area is 140 Å². The van der Waals surface area contributed by atoms with Crippen LogP contribution in [-0.2, 0) is 6.61 Å². The fraction of sp³-hybridized carbons (Fsp3) is 0.312. The third-order valence-electron chi connectivity index (χ3n) is 3.20. The Bertz CT molecular complexity index is 623. The maximum absolute atomic E-state index is 9.16. The van der Waals surface area contributed by atoms with Crippen molar-refractivity contribution in [1.29, 1.82) is 0 Å². The number of nitrogens with zero attached hydrogens (tertiary/aromatic N) is 1. The summed E-state index contributed by atoms with van der Waals surface area (Å²) < 4.78 is 5.52. The Morgan fingerprint density at radius 1 is 1.32 bits per heavy atom. The number of aliphatic hydroxyl groups is 1. The number of hydrogen-bond donors (Lipinski definition) is 2. The highest BCUT2D eigenvalue weighted by Crippen LogP contribution is 2.24. The minimum atomic E-state index is 0.0460. The first-order valence-electron chi connectivity index (χ1n) is 6.97. The molecule has 0 aliphatic rings. The highest BCUT2D eigenvalue weighted by Gasteiger charge is 2.07. The number of nitrogens with one attached hydrogen (secondary N) is 1. The SMILES string of the molecule is CC(NCCOc1ncc(Cl)cc1Cl)c1cccc(CO)c1. The number of rotatable bonds is 7. The van der Waals surface area contributed by atoms with Gasteiger partial charge in [0.1, 0.15) is 11.6 Å². The van der Waals surface area contributed by atoms with Crippen LogP contribution in [0, 0.1) is 0 Å². The summed E-state index contributed by atoms with van der Waals surface area (Å²) in [6.45, 7) is 3.19. The van der Waals surface area contributed by atoms with E-state index in [-0.39, 0.29) is 12.6 Å². The molecule has 0 amide bonds. The number of hydrogen-bond acceptors (Lipinski definition) is 4. The van der Waals surface area contributed by atoms with Gasteiger partial charge < -0.3 is 15.2 Å². The molecule has 1 aromatic heterocycles. The predicted octanol–water partition coefficient (Wildman–Crippen LogP) is 3.61. The fourth-order valence-corrected chi connectivity index (χ4v) is 2.44. The second-order valence-electron chi connectivity index (χ2n) is 4.87. The second kappa shape index (κ2) is 8.34. The van der Waals surface area contributed by atoms with Crippen LogP contribution in [0.3, 0.4) is 0 Å². The molecule has 6 heteroatoms. The number of ether oxygens (including phenoxy) is 1. The van der Waals surface area contributed by atoms with Gasteiger partial charge in [-0.2, -0.15) is 0 Å². The highest BCUT2D eigenvalue weighted by molar-refractivity contribution is 6.35. The molecule has 0 fully saturated rings. The molecular weight excluding hydrogens is 323 g/mol.